The van der Waals surface area contributed by atoms with Crippen LogP contribution in [0.2, 0.25) is 0 Å². The fourth-order valence-electron chi connectivity index (χ4n) is 3.55. The zero-order valence-corrected chi connectivity index (χ0v) is 18.9. The third kappa shape index (κ3) is 4.70. The predicted molar refractivity (Wildman–Crippen MR) is 117 cm³/mol. The van der Waals surface area contributed by atoms with E-state index in [0.717, 1.165) is 24.1 Å². The van der Waals surface area contributed by atoms with Gasteiger partial charge in [0, 0.05) is 25.2 Å². The first-order chi connectivity index (χ1) is 15.0. The fourth-order valence-corrected chi connectivity index (χ4v) is 5.76. The van der Waals surface area contributed by atoms with Crippen LogP contribution in [-0.2, 0) is 16.6 Å². The molecule has 1 aliphatic heterocycles. The van der Waals surface area contributed by atoms with Crippen LogP contribution in [0, 0.1) is 0 Å². The highest BCUT2D eigenvalue weighted by Gasteiger charge is 2.28. The number of carbonyl (C=O) groups is 1. The van der Waals surface area contributed by atoms with Gasteiger partial charge in [-0.25, -0.2) is 8.42 Å². The van der Waals surface area contributed by atoms with Gasteiger partial charge in [-0.1, -0.05) is 19.1 Å². The molecular weight excluding hydrogens is 436 g/mol. The quantitative estimate of drug-likeness (QED) is 0.509. The van der Waals surface area contributed by atoms with E-state index in [4.69, 9.17) is 4.42 Å². The Morgan fingerprint density at radius 2 is 2.00 bits per heavy atom. The molecule has 1 aliphatic rings. The minimum Gasteiger partial charge on any atom is -0.418 e. The van der Waals surface area contributed by atoms with E-state index in [1.807, 2.05) is 24.4 Å². The number of carbonyl (C=O) groups excluding carboxylic acids is 1. The van der Waals surface area contributed by atoms with Gasteiger partial charge in [-0.15, -0.1) is 21.5 Å². The van der Waals surface area contributed by atoms with Crippen LogP contribution in [0.1, 0.15) is 42.4 Å². The van der Waals surface area contributed by atoms with Crippen molar-refractivity contribution in [1.82, 2.24) is 19.4 Å². The molecule has 0 aliphatic carbocycles. The number of hydrogen-bond acceptors (Lipinski definition) is 7. The molecule has 164 valence electrons. The zero-order chi connectivity index (χ0) is 21.8. The minimum absolute atomic E-state index is 0.148. The fraction of sp³-hybridized carbons (Fsp3) is 0.381. The third-order valence-electron chi connectivity index (χ3n) is 5.09. The monoisotopic (exact) mass is 460 g/mol. The van der Waals surface area contributed by atoms with E-state index < -0.39 is 10.0 Å². The predicted octanol–water partition coefficient (Wildman–Crippen LogP) is 3.64. The maximum atomic E-state index is 13.2. The van der Waals surface area contributed by atoms with Gasteiger partial charge >= 0.3 is 0 Å². The van der Waals surface area contributed by atoms with E-state index in [-0.39, 0.29) is 17.3 Å². The lowest BCUT2D eigenvalue weighted by atomic mass is 10.2. The summed E-state index contributed by atoms with van der Waals surface area (Å²) in [6, 6.07) is 10.0. The number of aromatic nitrogens is 2. The van der Waals surface area contributed by atoms with Crippen LogP contribution in [0.5, 0.6) is 0 Å². The number of amides is 1. The summed E-state index contributed by atoms with van der Waals surface area (Å²) in [6.07, 6.45) is 2.46. The second kappa shape index (κ2) is 9.29. The first kappa shape index (κ1) is 21.7. The van der Waals surface area contributed by atoms with E-state index in [0.29, 0.717) is 37.0 Å². The van der Waals surface area contributed by atoms with Crippen molar-refractivity contribution in [3.8, 4) is 10.8 Å². The van der Waals surface area contributed by atoms with Gasteiger partial charge in [0.25, 0.3) is 11.8 Å². The van der Waals surface area contributed by atoms with Crippen molar-refractivity contribution in [2.45, 2.75) is 37.6 Å². The Hall–Kier alpha value is -2.56. The highest BCUT2D eigenvalue weighted by atomic mass is 32.2. The summed E-state index contributed by atoms with van der Waals surface area (Å²) < 4.78 is 33.0. The molecule has 0 bridgehead atoms. The van der Waals surface area contributed by atoms with Crippen LogP contribution in [0.15, 0.2) is 51.1 Å². The summed E-state index contributed by atoms with van der Waals surface area (Å²) in [4.78, 5) is 15.8. The standard InChI is InChI=1S/C21H24N4O4S2/c1-2-10-24(15-19-22-23-20(29-19)18-9-6-13-30-18)21(26)16-7-5-8-17(14-16)31(27,28)25-11-3-4-12-25/h5-9,13-14H,2-4,10-12,15H2,1H3. The average Bonchev–Trinajstić information content (AvgIpc) is 3.55. The first-order valence-electron chi connectivity index (χ1n) is 10.2. The topological polar surface area (TPSA) is 96.6 Å². The lowest BCUT2D eigenvalue weighted by Crippen LogP contribution is -2.32. The second-order valence-electron chi connectivity index (χ2n) is 7.34. The maximum Gasteiger partial charge on any atom is 0.257 e. The highest BCUT2D eigenvalue weighted by molar-refractivity contribution is 7.89. The van der Waals surface area contributed by atoms with Crippen LogP contribution in [0.3, 0.4) is 0 Å². The van der Waals surface area contributed by atoms with Crippen LogP contribution in [0.25, 0.3) is 10.8 Å². The Kier molecular flexibility index (Phi) is 6.49. The van der Waals surface area contributed by atoms with Gasteiger partial charge in [0.15, 0.2) is 0 Å². The lowest BCUT2D eigenvalue weighted by Gasteiger charge is -2.21. The number of rotatable bonds is 8. The summed E-state index contributed by atoms with van der Waals surface area (Å²) in [5, 5.41) is 10.1. The van der Waals surface area contributed by atoms with Crippen molar-refractivity contribution in [1.29, 1.82) is 0 Å². The minimum atomic E-state index is -3.59. The first-order valence-corrected chi connectivity index (χ1v) is 12.6. The molecule has 10 heteroatoms. The number of thiophene rings is 1. The van der Waals surface area contributed by atoms with Crippen LogP contribution in [-0.4, -0.2) is 53.4 Å². The second-order valence-corrected chi connectivity index (χ2v) is 10.2. The Labute approximate surface area is 185 Å². The summed E-state index contributed by atoms with van der Waals surface area (Å²) in [5.74, 6) is 0.495. The largest absolute Gasteiger partial charge is 0.418 e. The van der Waals surface area contributed by atoms with Gasteiger partial charge < -0.3 is 9.32 Å². The number of benzene rings is 1. The summed E-state index contributed by atoms with van der Waals surface area (Å²) in [6.45, 7) is 3.66. The number of sulfonamides is 1. The van der Waals surface area contributed by atoms with E-state index in [9.17, 15) is 13.2 Å². The molecule has 0 atom stereocenters. The Balaban J connectivity index is 1.54. The Morgan fingerprint density at radius 1 is 1.19 bits per heavy atom. The molecule has 31 heavy (non-hydrogen) atoms. The molecule has 0 spiro atoms. The van der Waals surface area contributed by atoms with Crippen LogP contribution >= 0.6 is 11.3 Å². The molecule has 8 nitrogen and oxygen atoms in total. The normalized spacial score (nSPS) is 14.7. The van der Waals surface area contributed by atoms with Crippen LogP contribution in [0.4, 0.5) is 0 Å². The van der Waals surface area contributed by atoms with Gasteiger partial charge in [0.1, 0.15) is 0 Å². The molecule has 0 N–H and O–H groups in total. The van der Waals surface area contributed by atoms with Gasteiger partial charge in [0.05, 0.1) is 16.3 Å². The number of nitrogens with zero attached hydrogens (tertiary/aromatic N) is 4. The molecule has 0 saturated carbocycles. The Bertz CT molecular complexity index is 1140. The number of hydrogen-bond donors (Lipinski definition) is 0. The van der Waals surface area contributed by atoms with Crippen molar-refractivity contribution >= 4 is 27.3 Å². The molecule has 1 amide bonds. The van der Waals surface area contributed by atoms with Crippen molar-refractivity contribution in [2.24, 2.45) is 0 Å². The average molecular weight is 461 g/mol. The molecule has 1 aromatic carbocycles. The van der Waals surface area contributed by atoms with E-state index in [1.165, 1.54) is 21.7 Å². The summed E-state index contributed by atoms with van der Waals surface area (Å²) in [7, 11) is -3.59. The van der Waals surface area contributed by atoms with Crippen molar-refractivity contribution in [3.05, 3.63) is 53.2 Å². The summed E-state index contributed by atoms with van der Waals surface area (Å²) >= 11 is 1.50. The van der Waals surface area contributed by atoms with Gasteiger partial charge in [0.2, 0.25) is 15.9 Å². The van der Waals surface area contributed by atoms with Crippen molar-refractivity contribution in [3.63, 3.8) is 0 Å². The molecule has 3 aromatic rings. The molecule has 2 aromatic heterocycles. The molecule has 0 radical (unpaired) electrons. The third-order valence-corrected chi connectivity index (χ3v) is 7.84. The van der Waals surface area contributed by atoms with E-state index in [1.54, 1.807) is 23.1 Å². The van der Waals surface area contributed by atoms with Crippen LogP contribution < -0.4 is 0 Å². The van der Waals surface area contributed by atoms with Gasteiger partial charge in [-0.2, -0.15) is 4.31 Å². The molecule has 0 unspecified atom stereocenters. The summed E-state index contributed by atoms with van der Waals surface area (Å²) in [5.41, 5.74) is 0.326. The molecule has 3 heterocycles. The van der Waals surface area contributed by atoms with Crippen molar-refractivity contribution < 1.29 is 17.6 Å². The molecule has 1 saturated heterocycles. The highest BCUT2D eigenvalue weighted by Crippen LogP contribution is 2.25. The SMILES string of the molecule is CCCN(Cc1nnc(-c2cccs2)o1)C(=O)c1cccc(S(=O)(=O)N2CCCC2)c1. The Morgan fingerprint density at radius 3 is 2.71 bits per heavy atom. The molecular formula is C21H24N4O4S2. The van der Waals surface area contributed by atoms with E-state index in [2.05, 4.69) is 10.2 Å². The van der Waals surface area contributed by atoms with E-state index >= 15 is 0 Å². The van der Waals surface area contributed by atoms with Crippen molar-refractivity contribution in [2.75, 3.05) is 19.6 Å². The zero-order valence-electron chi connectivity index (χ0n) is 17.2. The van der Waals surface area contributed by atoms with Gasteiger partial charge in [-0.05, 0) is 48.9 Å². The lowest BCUT2D eigenvalue weighted by molar-refractivity contribution is 0.0728. The van der Waals surface area contributed by atoms with Gasteiger partial charge in [-0.3, -0.25) is 4.79 Å². The smallest absolute Gasteiger partial charge is 0.257 e. The molecule has 1 fully saturated rings. The molecule has 4 rings (SSSR count). The maximum absolute atomic E-state index is 13.2.